The third-order valence-corrected chi connectivity index (χ3v) is 8.81. The highest BCUT2D eigenvalue weighted by Gasteiger charge is 2.26. The first-order valence-corrected chi connectivity index (χ1v) is 12.9. The van der Waals surface area contributed by atoms with E-state index >= 15 is 0 Å². The number of hydrogen-bond acceptors (Lipinski definition) is 5. The molecule has 31 heavy (non-hydrogen) atoms. The second-order valence-electron chi connectivity index (χ2n) is 8.20. The van der Waals surface area contributed by atoms with Crippen molar-refractivity contribution in [3.63, 3.8) is 0 Å². The summed E-state index contributed by atoms with van der Waals surface area (Å²) in [6.07, 6.45) is 0. The molecule has 1 atom stereocenters. The van der Waals surface area contributed by atoms with Crippen LogP contribution in [0.2, 0.25) is 0 Å². The Labute approximate surface area is 190 Å². The fraction of sp³-hybridized carbons (Fsp3) is 0.417. The van der Waals surface area contributed by atoms with Gasteiger partial charge in [0.2, 0.25) is 0 Å². The molecule has 0 bridgehead atoms. The minimum Gasteiger partial charge on any atom is -0.494 e. The van der Waals surface area contributed by atoms with Gasteiger partial charge >= 0.3 is 0 Å². The summed E-state index contributed by atoms with van der Waals surface area (Å²) in [6, 6.07) is 12.8. The quantitative estimate of drug-likeness (QED) is 0.318. The molecule has 3 aromatic rings. The molecule has 0 aliphatic rings. The molecule has 7 heteroatoms. The Morgan fingerprint density at radius 1 is 1.06 bits per heavy atom. The van der Waals surface area contributed by atoms with E-state index in [1.54, 1.807) is 23.9 Å². The molecule has 3 rings (SSSR count). The fourth-order valence-electron chi connectivity index (χ4n) is 3.46. The van der Waals surface area contributed by atoms with Crippen LogP contribution in [0.4, 0.5) is 0 Å². The summed E-state index contributed by atoms with van der Waals surface area (Å²) < 4.78 is 34.6. The molecule has 0 fully saturated rings. The maximum absolute atomic E-state index is 13.7. The summed E-state index contributed by atoms with van der Waals surface area (Å²) in [5.74, 6) is 1.09. The van der Waals surface area contributed by atoms with E-state index in [0.29, 0.717) is 22.9 Å². The van der Waals surface area contributed by atoms with Crippen LogP contribution >= 0.6 is 11.8 Å². The van der Waals surface area contributed by atoms with E-state index in [0.717, 1.165) is 27.3 Å². The molecular weight excluding hydrogens is 428 g/mol. The minimum absolute atomic E-state index is 0.182. The van der Waals surface area contributed by atoms with Gasteiger partial charge in [-0.05, 0) is 76.7 Å². The second kappa shape index (κ2) is 9.27. The van der Waals surface area contributed by atoms with Crippen molar-refractivity contribution in [2.45, 2.75) is 55.7 Å². The first kappa shape index (κ1) is 23.7. The maximum Gasteiger partial charge on any atom is 0.268 e. The van der Waals surface area contributed by atoms with Gasteiger partial charge in [-0.25, -0.2) is 12.4 Å². The molecule has 1 heterocycles. The number of hydrogen-bond donors (Lipinski definition) is 0. The number of ether oxygens (including phenoxy) is 1. The largest absolute Gasteiger partial charge is 0.494 e. The Kier molecular flexibility index (Phi) is 7.08. The highest BCUT2D eigenvalue weighted by molar-refractivity contribution is 8.00. The second-order valence-corrected chi connectivity index (χ2v) is 11.3. The SMILES string of the molecule is CCOc1ccc2c(c1)c(SC(C)N(C)C)c(C)n2S(=O)(=O)c1ccc(C(C)C)cc1. The van der Waals surface area contributed by atoms with Crippen molar-refractivity contribution in [3.05, 3.63) is 53.7 Å². The van der Waals surface area contributed by atoms with Gasteiger partial charge in [-0.3, -0.25) is 4.90 Å². The van der Waals surface area contributed by atoms with Gasteiger partial charge in [-0.2, -0.15) is 0 Å². The van der Waals surface area contributed by atoms with Crippen molar-refractivity contribution in [2.75, 3.05) is 20.7 Å². The van der Waals surface area contributed by atoms with Crippen molar-refractivity contribution in [2.24, 2.45) is 0 Å². The maximum atomic E-state index is 13.7. The number of rotatable bonds is 8. The Hall–Kier alpha value is -1.96. The third-order valence-electron chi connectivity index (χ3n) is 5.48. The number of aromatic nitrogens is 1. The van der Waals surface area contributed by atoms with Crippen LogP contribution in [0.5, 0.6) is 5.75 Å². The number of nitrogens with zero attached hydrogens (tertiary/aromatic N) is 2. The van der Waals surface area contributed by atoms with Crippen molar-refractivity contribution in [1.29, 1.82) is 0 Å². The highest BCUT2D eigenvalue weighted by Crippen LogP contribution is 2.40. The summed E-state index contributed by atoms with van der Waals surface area (Å²) in [5, 5.41) is 1.08. The zero-order chi connectivity index (χ0) is 22.9. The Bertz CT molecular complexity index is 1160. The van der Waals surface area contributed by atoms with E-state index in [2.05, 4.69) is 25.7 Å². The molecule has 0 N–H and O–H groups in total. The van der Waals surface area contributed by atoms with Crippen LogP contribution in [0.15, 0.2) is 52.3 Å². The molecule has 0 saturated heterocycles. The van der Waals surface area contributed by atoms with Gasteiger partial charge in [0.05, 0.1) is 22.4 Å². The van der Waals surface area contributed by atoms with Crippen LogP contribution in [0, 0.1) is 6.92 Å². The lowest BCUT2D eigenvalue weighted by Crippen LogP contribution is -2.21. The molecule has 0 radical (unpaired) electrons. The van der Waals surface area contributed by atoms with Crippen molar-refractivity contribution in [3.8, 4) is 5.75 Å². The van der Waals surface area contributed by atoms with Gasteiger partial charge in [0, 0.05) is 16.0 Å². The lowest BCUT2D eigenvalue weighted by Gasteiger charge is -2.19. The monoisotopic (exact) mass is 460 g/mol. The first-order chi connectivity index (χ1) is 14.6. The predicted octanol–water partition coefficient (Wildman–Crippen LogP) is 5.71. The molecule has 0 amide bonds. The predicted molar refractivity (Wildman–Crippen MR) is 130 cm³/mol. The Balaban J connectivity index is 2.22. The van der Waals surface area contributed by atoms with E-state index in [1.165, 1.54) is 3.97 Å². The van der Waals surface area contributed by atoms with Crippen LogP contribution in [-0.4, -0.2) is 43.4 Å². The molecule has 5 nitrogen and oxygen atoms in total. The van der Waals surface area contributed by atoms with Crippen molar-refractivity contribution >= 4 is 32.7 Å². The molecule has 1 aromatic heterocycles. The van der Waals surface area contributed by atoms with E-state index in [1.807, 2.05) is 58.3 Å². The third kappa shape index (κ3) is 4.64. The topological polar surface area (TPSA) is 51.5 Å². The van der Waals surface area contributed by atoms with Gasteiger partial charge in [-0.1, -0.05) is 26.0 Å². The van der Waals surface area contributed by atoms with Crippen LogP contribution in [0.25, 0.3) is 10.9 Å². The lowest BCUT2D eigenvalue weighted by molar-refractivity contribution is 0.340. The standard InChI is InChI=1S/C24H32N2O3S2/c1-8-29-20-11-14-23-22(15-20)24(30-18(5)25(6)7)17(4)26(23)31(27,28)21-12-9-19(10-13-21)16(2)3/h9-16,18H,8H2,1-7H3. The van der Waals surface area contributed by atoms with Crippen LogP contribution < -0.4 is 4.74 Å². The van der Waals surface area contributed by atoms with Gasteiger partial charge in [0.1, 0.15) is 5.75 Å². The molecular formula is C24H32N2O3S2. The molecule has 0 saturated carbocycles. The van der Waals surface area contributed by atoms with Gasteiger partial charge in [-0.15, -0.1) is 11.8 Å². The van der Waals surface area contributed by atoms with E-state index in [9.17, 15) is 8.42 Å². The summed E-state index contributed by atoms with van der Waals surface area (Å²) in [5.41, 5.74) is 2.50. The minimum atomic E-state index is -3.75. The summed E-state index contributed by atoms with van der Waals surface area (Å²) in [6.45, 7) is 10.7. The smallest absolute Gasteiger partial charge is 0.268 e. The molecule has 168 valence electrons. The Morgan fingerprint density at radius 3 is 2.26 bits per heavy atom. The molecule has 0 spiro atoms. The molecule has 0 aliphatic heterocycles. The first-order valence-electron chi connectivity index (χ1n) is 10.5. The molecule has 2 aromatic carbocycles. The van der Waals surface area contributed by atoms with Crippen LogP contribution in [-0.2, 0) is 10.0 Å². The Morgan fingerprint density at radius 2 is 1.71 bits per heavy atom. The fourth-order valence-corrected chi connectivity index (χ4v) is 6.19. The average Bonchev–Trinajstić information content (AvgIpc) is 2.99. The zero-order valence-electron chi connectivity index (χ0n) is 19.3. The average molecular weight is 461 g/mol. The number of thioether (sulfide) groups is 1. The normalized spacial score (nSPS) is 13.3. The summed E-state index contributed by atoms with van der Waals surface area (Å²) >= 11 is 1.66. The molecule has 0 aliphatic carbocycles. The number of fused-ring (bicyclic) bond motifs is 1. The summed E-state index contributed by atoms with van der Waals surface area (Å²) in [4.78, 5) is 3.36. The van der Waals surface area contributed by atoms with E-state index < -0.39 is 10.0 Å². The van der Waals surface area contributed by atoms with Crippen LogP contribution in [0.3, 0.4) is 0 Å². The van der Waals surface area contributed by atoms with Gasteiger partial charge in [0.15, 0.2) is 0 Å². The van der Waals surface area contributed by atoms with Crippen molar-refractivity contribution in [1.82, 2.24) is 8.87 Å². The van der Waals surface area contributed by atoms with Gasteiger partial charge < -0.3 is 4.74 Å². The van der Waals surface area contributed by atoms with E-state index in [-0.39, 0.29) is 5.37 Å². The van der Waals surface area contributed by atoms with E-state index in [4.69, 9.17) is 4.74 Å². The lowest BCUT2D eigenvalue weighted by atomic mass is 10.0. The molecule has 1 unspecified atom stereocenters. The van der Waals surface area contributed by atoms with Crippen molar-refractivity contribution < 1.29 is 13.2 Å². The highest BCUT2D eigenvalue weighted by atomic mass is 32.2. The van der Waals surface area contributed by atoms with Crippen LogP contribution in [0.1, 0.15) is 44.9 Å². The summed E-state index contributed by atoms with van der Waals surface area (Å²) in [7, 11) is 0.287. The zero-order valence-corrected chi connectivity index (χ0v) is 21.0. The van der Waals surface area contributed by atoms with Gasteiger partial charge in [0.25, 0.3) is 10.0 Å². The number of benzene rings is 2.